The maximum absolute atomic E-state index is 12.2. The molecule has 0 aromatic heterocycles. The van der Waals surface area contributed by atoms with Crippen LogP contribution in [-0.4, -0.2) is 42.3 Å². The molecule has 6 heteroatoms. The highest BCUT2D eigenvalue weighted by Gasteiger charge is 2.26. The van der Waals surface area contributed by atoms with Crippen molar-refractivity contribution in [2.24, 2.45) is 5.73 Å². The van der Waals surface area contributed by atoms with Gasteiger partial charge >= 0.3 is 0 Å². The minimum atomic E-state index is -0.472. The molecule has 0 spiro atoms. The Morgan fingerprint density at radius 2 is 1.80 bits per heavy atom. The maximum Gasteiger partial charge on any atom is 0.254 e. The summed E-state index contributed by atoms with van der Waals surface area (Å²) in [5.74, 6) is 4.26. The van der Waals surface area contributed by atoms with Crippen LogP contribution in [0.25, 0.3) is 0 Å². The van der Waals surface area contributed by atoms with Gasteiger partial charge in [0.25, 0.3) is 5.91 Å². The first-order chi connectivity index (χ1) is 9.60. The van der Waals surface area contributed by atoms with Crippen LogP contribution in [0.4, 0.5) is 0 Å². The predicted octanol–water partition coefficient (Wildman–Crippen LogP) is -0.905. The monoisotopic (exact) mass is 271 g/mol. The summed E-state index contributed by atoms with van der Waals surface area (Å²) in [4.78, 5) is 35.8. The van der Waals surface area contributed by atoms with Gasteiger partial charge in [0.2, 0.25) is 11.8 Å². The molecule has 3 amide bonds. The van der Waals surface area contributed by atoms with Gasteiger partial charge in [0.05, 0.1) is 6.54 Å². The van der Waals surface area contributed by atoms with Crippen molar-refractivity contribution in [3.8, 4) is 11.8 Å². The first kappa shape index (κ1) is 13.8. The van der Waals surface area contributed by atoms with Crippen molar-refractivity contribution in [3.05, 3.63) is 35.4 Å². The second kappa shape index (κ2) is 5.99. The van der Waals surface area contributed by atoms with Gasteiger partial charge in [-0.1, -0.05) is 11.8 Å². The van der Waals surface area contributed by atoms with Gasteiger partial charge in [0, 0.05) is 11.1 Å². The predicted molar refractivity (Wildman–Crippen MR) is 71.4 cm³/mol. The fraction of sp³-hybridized carbons (Fsp3) is 0.214. The number of nitrogens with one attached hydrogen (secondary N) is 1. The molecule has 0 atom stereocenters. The molecule has 1 aromatic rings. The molecule has 1 saturated heterocycles. The van der Waals surface area contributed by atoms with Gasteiger partial charge in [0.15, 0.2) is 0 Å². The van der Waals surface area contributed by atoms with Crippen molar-refractivity contribution in [1.29, 1.82) is 0 Å². The largest absolute Gasteiger partial charge is 0.320 e. The van der Waals surface area contributed by atoms with E-state index in [0.29, 0.717) is 5.56 Å². The van der Waals surface area contributed by atoms with Crippen molar-refractivity contribution in [2.75, 3.05) is 19.6 Å². The molecule has 1 aromatic carbocycles. The molecular formula is C14H13N3O3. The lowest BCUT2D eigenvalue weighted by Crippen LogP contribution is -2.53. The van der Waals surface area contributed by atoms with E-state index in [2.05, 4.69) is 17.2 Å². The summed E-state index contributed by atoms with van der Waals surface area (Å²) < 4.78 is 0. The van der Waals surface area contributed by atoms with Crippen LogP contribution in [0.15, 0.2) is 24.3 Å². The minimum absolute atomic E-state index is 0.112. The van der Waals surface area contributed by atoms with E-state index < -0.39 is 11.8 Å². The summed E-state index contributed by atoms with van der Waals surface area (Å²) in [6, 6.07) is 6.61. The first-order valence-corrected chi connectivity index (χ1v) is 6.01. The van der Waals surface area contributed by atoms with E-state index in [1.165, 1.54) is 4.90 Å². The van der Waals surface area contributed by atoms with Gasteiger partial charge in [0.1, 0.15) is 13.1 Å². The van der Waals surface area contributed by atoms with E-state index in [0.717, 1.165) is 5.56 Å². The Balaban J connectivity index is 2.12. The summed E-state index contributed by atoms with van der Waals surface area (Å²) >= 11 is 0. The van der Waals surface area contributed by atoms with Crippen molar-refractivity contribution < 1.29 is 14.4 Å². The van der Waals surface area contributed by atoms with E-state index in [1.54, 1.807) is 24.3 Å². The van der Waals surface area contributed by atoms with Crippen LogP contribution in [-0.2, 0) is 9.59 Å². The van der Waals surface area contributed by atoms with Crippen LogP contribution in [0.5, 0.6) is 0 Å². The summed E-state index contributed by atoms with van der Waals surface area (Å²) in [6.45, 7) is 0.0459. The molecule has 2 rings (SSSR count). The number of nitrogens with two attached hydrogens (primary N) is 1. The highest BCUT2D eigenvalue weighted by atomic mass is 16.2. The maximum atomic E-state index is 12.2. The number of rotatable bonds is 1. The summed E-state index contributed by atoms with van der Waals surface area (Å²) in [6.07, 6.45) is 0. The number of imide groups is 1. The number of carbonyl (C=O) groups is 3. The van der Waals surface area contributed by atoms with Crippen LogP contribution in [0.1, 0.15) is 15.9 Å². The number of hydrogen-bond donors (Lipinski definition) is 2. The van der Waals surface area contributed by atoms with E-state index >= 15 is 0 Å². The number of amides is 3. The number of carbonyl (C=O) groups excluding carboxylic acids is 3. The van der Waals surface area contributed by atoms with E-state index in [1.807, 2.05) is 0 Å². The van der Waals surface area contributed by atoms with Gasteiger partial charge in [-0.3, -0.25) is 19.7 Å². The zero-order valence-electron chi connectivity index (χ0n) is 10.7. The Labute approximate surface area is 115 Å². The second-order valence-electron chi connectivity index (χ2n) is 4.22. The molecule has 0 bridgehead atoms. The lowest BCUT2D eigenvalue weighted by atomic mass is 10.1. The molecule has 0 saturated carbocycles. The third kappa shape index (κ3) is 3.22. The Bertz CT molecular complexity index is 595. The van der Waals surface area contributed by atoms with Gasteiger partial charge in [-0.2, -0.15) is 0 Å². The lowest BCUT2D eigenvalue weighted by molar-refractivity contribution is -0.135. The lowest BCUT2D eigenvalue weighted by Gasteiger charge is -2.25. The van der Waals surface area contributed by atoms with Crippen molar-refractivity contribution in [3.63, 3.8) is 0 Å². The van der Waals surface area contributed by atoms with Crippen LogP contribution in [0.3, 0.4) is 0 Å². The Morgan fingerprint density at radius 3 is 2.35 bits per heavy atom. The quantitative estimate of drug-likeness (QED) is 0.511. The minimum Gasteiger partial charge on any atom is -0.320 e. The van der Waals surface area contributed by atoms with E-state index in [4.69, 9.17) is 5.73 Å². The number of piperazine rings is 1. The zero-order chi connectivity index (χ0) is 14.5. The van der Waals surface area contributed by atoms with E-state index in [9.17, 15) is 14.4 Å². The third-order valence-corrected chi connectivity index (χ3v) is 2.70. The third-order valence-electron chi connectivity index (χ3n) is 2.70. The molecular weight excluding hydrogens is 258 g/mol. The van der Waals surface area contributed by atoms with Crippen molar-refractivity contribution >= 4 is 17.7 Å². The van der Waals surface area contributed by atoms with Gasteiger partial charge < -0.3 is 10.6 Å². The summed E-state index contributed by atoms with van der Waals surface area (Å²) in [7, 11) is 0. The van der Waals surface area contributed by atoms with Crippen LogP contribution in [0.2, 0.25) is 0 Å². The topological polar surface area (TPSA) is 92.5 Å². The van der Waals surface area contributed by atoms with Crippen LogP contribution in [0, 0.1) is 11.8 Å². The highest BCUT2D eigenvalue weighted by molar-refractivity contribution is 6.05. The standard InChI is InChI=1S/C14H13N3O3/c15-7-1-2-10-3-5-11(6-4-10)14(20)17-8-12(18)16-13(19)9-17/h3-6H,7-9,15H2,(H,16,18,19). The molecule has 0 unspecified atom stereocenters. The van der Waals surface area contributed by atoms with Crippen molar-refractivity contribution in [1.82, 2.24) is 10.2 Å². The SMILES string of the molecule is NCC#Cc1ccc(C(=O)N2CC(=O)NC(=O)C2)cc1. The zero-order valence-corrected chi connectivity index (χ0v) is 10.7. The molecule has 102 valence electrons. The van der Waals surface area contributed by atoms with Gasteiger partial charge in [-0.25, -0.2) is 0 Å². The number of nitrogens with zero attached hydrogens (tertiary/aromatic N) is 1. The van der Waals surface area contributed by atoms with E-state index in [-0.39, 0.29) is 25.5 Å². The number of benzene rings is 1. The van der Waals surface area contributed by atoms with Crippen molar-refractivity contribution in [2.45, 2.75) is 0 Å². The van der Waals surface area contributed by atoms with Crippen LogP contribution < -0.4 is 11.1 Å². The molecule has 1 heterocycles. The van der Waals surface area contributed by atoms with Gasteiger partial charge in [-0.15, -0.1) is 0 Å². The smallest absolute Gasteiger partial charge is 0.254 e. The Kier molecular flexibility index (Phi) is 4.13. The fourth-order valence-electron chi connectivity index (χ4n) is 1.81. The molecule has 20 heavy (non-hydrogen) atoms. The first-order valence-electron chi connectivity index (χ1n) is 6.01. The molecule has 1 aliphatic heterocycles. The molecule has 6 nitrogen and oxygen atoms in total. The summed E-state index contributed by atoms with van der Waals surface area (Å²) in [5, 5.41) is 2.15. The summed E-state index contributed by atoms with van der Waals surface area (Å²) in [5.41, 5.74) is 6.43. The average Bonchev–Trinajstić information content (AvgIpc) is 2.44. The molecule has 3 N–H and O–H groups in total. The Hall–Kier alpha value is -2.65. The van der Waals surface area contributed by atoms with Crippen LogP contribution >= 0.6 is 0 Å². The molecule has 1 fully saturated rings. The van der Waals surface area contributed by atoms with Gasteiger partial charge in [-0.05, 0) is 24.3 Å². The fourth-order valence-corrected chi connectivity index (χ4v) is 1.81. The molecule has 0 aliphatic carbocycles. The Morgan fingerprint density at radius 1 is 1.20 bits per heavy atom. The molecule has 1 aliphatic rings. The second-order valence-corrected chi connectivity index (χ2v) is 4.22. The number of hydrogen-bond acceptors (Lipinski definition) is 4. The average molecular weight is 271 g/mol. The highest BCUT2D eigenvalue weighted by Crippen LogP contribution is 2.08. The normalized spacial score (nSPS) is 14.3. The molecule has 0 radical (unpaired) electrons.